The van der Waals surface area contributed by atoms with Gasteiger partial charge in [-0.3, -0.25) is 0 Å². The number of aromatic nitrogens is 2. The van der Waals surface area contributed by atoms with Crippen LogP contribution in [0.4, 0.5) is 11.6 Å². The summed E-state index contributed by atoms with van der Waals surface area (Å²) in [5, 5.41) is 3.22. The lowest BCUT2D eigenvalue weighted by Crippen LogP contribution is -2.38. The molecule has 1 aliphatic heterocycles. The van der Waals surface area contributed by atoms with Crippen molar-refractivity contribution in [1.82, 2.24) is 14.3 Å². The smallest absolute Gasteiger partial charge is 0.218 e. The van der Waals surface area contributed by atoms with E-state index in [4.69, 9.17) is 4.98 Å². The van der Waals surface area contributed by atoms with Gasteiger partial charge < -0.3 is 5.32 Å². The number of nitrogens with zero attached hydrogens (tertiary/aromatic N) is 3. The fourth-order valence-corrected chi connectivity index (χ4v) is 5.49. The van der Waals surface area contributed by atoms with Crippen molar-refractivity contribution in [1.29, 1.82) is 0 Å². The third-order valence-corrected chi connectivity index (χ3v) is 7.73. The molecule has 1 aromatic carbocycles. The molecule has 1 saturated heterocycles. The number of hydrogen-bond donors (Lipinski definition) is 1. The van der Waals surface area contributed by atoms with E-state index in [9.17, 15) is 8.42 Å². The Morgan fingerprint density at radius 1 is 0.968 bits per heavy atom. The molecule has 0 spiro atoms. The Kier molecular flexibility index (Phi) is 6.34. The molecule has 31 heavy (non-hydrogen) atoms. The van der Waals surface area contributed by atoms with Crippen molar-refractivity contribution in [3.8, 4) is 0 Å². The van der Waals surface area contributed by atoms with Crippen LogP contribution in [-0.2, 0) is 15.8 Å². The molecule has 7 heteroatoms. The van der Waals surface area contributed by atoms with E-state index in [1.54, 1.807) is 10.5 Å². The fourth-order valence-electron chi connectivity index (χ4n) is 3.94. The molecule has 0 radical (unpaired) electrons. The van der Waals surface area contributed by atoms with Crippen molar-refractivity contribution in [2.75, 3.05) is 18.4 Å². The molecule has 0 atom stereocenters. The van der Waals surface area contributed by atoms with Crippen molar-refractivity contribution in [2.24, 2.45) is 0 Å². The lowest BCUT2D eigenvalue weighted by atomic mass is 9.94. The van der Waals surface area contributed by atoms with Gasteiger partial charge in [-0.1, -0.05) is 30.3 Å². The van der Waals surface area contributed by atoms with Gasteiger partial charge in [-0.2, -0.15) is 0 Å². The summed E-state index contributed by atoms with van der Waals surface area (Å²) in [4.78, 5) is 9.02. The van der Waals surface area contributed by atoms with Gasteiger partial charge in [0.15, 0.2) is 0 Å². The molecule has 0 aliphatic carbocycles. The summed E-state index contributed by atoms with van der Waals surface area (Å²) in [6.07, 6.45) is 3.28. The predicted octanol–water partition coefficient (Wildman–Crippen LogP) is 4.55. The van der Waals surface area contributed by atoms with Gasteiger partial charge in [-0.15, -0.1) is 0 Å². The summed E-state index contributed by atoms with van der Waals surface area (Å²) in [5.74, 6) is 1.81. The number of aryl methyl sites for hydroxylation is 2. The van der Waals surface area contributed by atoms with Gasteiger partial charge in [-0.05, 0) is 67.6 Å². The maximum atomic E-state index is 12.9. The van der Waals surface area contributed by atoms with Gasteiger partial charge in [0.1, 0.15) is 11.6 Å². The highest BCUT2D eigenvalue weighted by atomic mass is 32.2. The molecule has 1 aliphatic rings. The van der Waals surface area contributed by atoms with Crippen LogP contribution >= 0.6 is 0 Å². The summed E-state index contributed by atoms with van der Waals surface area (Å²) in [6, 6.07) is 17.5. The van der Waals surface area contributed by atoms with E-state index in [-0.39, 0.29) is 11.7 Å². The van der Waals surface area contributed by atoms with Crippen molar-refractivity contribution >= 4 is 21.7 Å². The molecule has 1 N–H and O–H groups in total. The van der Waals surface area contributed by atoms with Crippen molar-refractivity contribution in [2.45, 2.75) is 38.4 Å². The molecular weight excluding hydrogens is 408 g/mol. The van der Waals surface area contributed by atoms with Crippen LogP contribution in [0.15, 0.2) is 60.8 Å². The highest BCUT2D eigenvalue weighted by molar-refractivity contribution is 7.88. The van der Waals surface area contributed by atoms with Crippen LogP contribution < -0.4 is 5.32 Å². The second-order valence-electron chi connectivity index (χ2n) is 8.14. The molecule has 0 amide bonds. The Morgan fingerprint density at radius 3 is 2.45 bits per heavy atom. The van der Waals surface area contributed by atoms with Gasteiger partial charge in [0, 0.05) is 30.9 Å². The molecule has 4 rings (SSSR count). The first kappa shape index (κ1) is 21.5. The van der Waals surface area contributed by atoms with E-state index in [1.165, 1.54) is 5.56 Å². The monoisotopic (exact) mass is 436 g/mol. The molecule has 0 bridgehead atoms. The first-order valence-electron chi connectivity index (χ1n) is 10.6. The minimum absolute atomic E-state index is 0.0561. The van der Waals surface area contributed by atoms with Gasteiger partial charge in [-0.25, -0.2) is 22.7 Å². The summed E-state index contributed by atoms with van der Waals surface area (Å²) in [6.45, 7) is 5.10. The summed E-state index contributed by atoms with van der Waals surface area (Å²) < 4.78 is 27.5. The number of pyridine rings is 2. The number of nitrogens with one attached hydrogen (secondary N) is 1. The average Bonchev–Trinajstić information content (AvgIpc) is 2.77. The second kappa shape index (κ2) is 9.16. The van der Waals surface area contributed by atoms with Crippen LogP contribution in [0.2, 0.25) is 0 Å². The van der Waals surface area contributed by atoms with E-state index >= 15 is 0 Å². The van der Waals surface area contributed by atoms with E-state index in [0.29, 0.717) is 13.1 Å². The maximum Gasteiger partial charge on any atom is 0.218 e. The summed E-state index contributed by atoms with van der Waals surface area (Å²) in [7, 11) is -3.33. The van der Waals surface area contributed by atoms with Crippen LogP contribution in [0.25, 0.3) is 0 Å². The Labute approximate surface area is 184 Å². The Balaban J connectivity index is 1.39. The third-order valence-electron chi connectivity index (χ3n) is 5.88. The normalized spacial score (nSPS) is 15.7. The van der Waals surface area contributed by atoms with Crippen LogP contribution in [0, 0.1) is 13.8 Å². The van der Waals surface area contributed by atoms with E-state index in [1.807, 2.05) is 68.4 Å². The zero-order valence-electron chi connectivity index (χ0n) is 18.0. The SMILES string of the molecule is Cc1ccc(CS(=O)(=O)N2CCC(c3cccc(Nc4ccccn4)n3)CC2)cc1C. The summed E-state index contributed by atoms with van der Waals surface area (Å²) in [5.41, 5.74) is 4.14. The molecule has 6 nitrogen and oxygen atoms in total. The Hall–Kier alpha value is -2.77. The van der Waals surface area contributed by atoms with Gasteiger partial charge >= 0.3 is 0 Å². The Morgan fingerprint density at radius 2 is 1.74 bits per heavy atom. The molecule has 162 valence electrons. The number of hydrogen-bond acceptors (Lipinski definition) is 5. The summed E-state index contributed by atoms with van der Waals surface area (Å²) >= 11 is 0. The lowest BCUT2D eigenvalue weighted by molar-refractivity contribution is 0.316. The minimum atomic E-state index is -3.33. The van der Waals surface area contributed by atoms with Gasteiger partial charge in [0.2, 0.25) is 10.0 Å². The zero-order valence-corrected chi connectivity index (χ0v) is 18.8. The number of piperidine rings is 1. The highest BCUT2D eigenvalue weighted by Gasteiger charge is 2.29. The Bertz CT molecular complexity index is 1140. The van der Waals surface area contributed by atoms with E-state index in [2.05, 4.69) is 10.3 Å². The topological polar surface area (TPSA) is 75.2 Å². The molecule has 2 aromatic heterocycles. The zero-order chi connectivity index (χ0) is 21.8. The molecule has 3 aromatic rings. The molecule has 1 fully saturated rings. The third kappa shape index (κ3) is 5.29. The average molecular weight is 437 g/mol. The fraction of sp³-hybridized carbons (Fsp3) is 0.333. The molecule has 0 unspecified atom stereocenters. The first-order valence-corrected chi connectivity index (χ1v) is 12.2. The predicted molar refractivity (Wildman–Crippen MR) is 124 cm³/mol. The van der Waals surface area contributed by atoms with Crippen LogP contribution in [0.1, 0.15) is 41.1 Å². The second-order valence-corrected chi connectivity index (χ2v) is 10.1. The standard InChI is InChI=1S/C24H28N4O2S/c1-18-9-10-20(16-19(18)2)17-31(29,30)28-14-11-21(12-15-28)22-6-5-8-24(26-22)27-23-7-3-4-13-25-23/h3-10,13,16,21H,11-12,14-15,17H2,1-2H3,(H,25,26,27). The number of benzene rings is 1. The van der Waals surface area contributed by atoms with Crippen LogP contribution in [-0.4, -0.2) is 35.8 Å². The number of sulfonamides is 1. The van der Waals surface area contributed by atoms with Crippen LogP contribution in [0.3, 0.4) is 0 Å². The largest absolute Gasteiger partial charge is 0.325 e. The first-order chi connectivity index (χ1) is 14.9. The maximum absolute atomic E-state index is 12.9. The van der Waals surface area contributed by atoms with Gasteiger partial charge in [0.25, 0.3) is 0 Å². The quantitative estimate of drug-likeness (QED) is 0.614. The number of rotatable bonds is 6. The van der Waals surface area contributed by atoms with E-state index in [0.717, 1.165) is 41.3 Å². The molecular formula is C24H28N4O2S. The highest BCUT2D eigenvalue weighted by Crippen LogP contribution is 2.30. The van der Waals surface area contributed by atoms with E-state index < -0.39 is 10.0 Å². The van der Waals surface area contributed by atoms with Gasteiger partial charge in [0.05, 0.1) is 5.75 Å². The van der Waals surface area contributed by atoms with Crippen molar-refractivity contribution < 1.29 is 8.42 Å². The molecule has 3 heterocycles. The number of anilines is 2. The van der Waals surface area contributed by atoms with Crippen LogP contribution in [0.5, 0.6) is 0 Å². The lowest BCUT2D eigenvalue weighted by Gasteiger charge is -2.31. The minimum Gasteiger partial charge on any atom is -0.325 e. The molecule has 0 saturated carbocycles. The van der Waals surface area contributed by atoms with Crippen molar-refractivity contribution in [3.63, 3.8) is 0 Å². The van der Waals surface area contributed by atoms with Crippen molar-refractivity contribution in [3.05, 3.63) is 83.2 Å².